The number of rotatable bonds is 5. The Hall–Kier alpha value is -2.89. The summed E-state index contributed by atoms with van der Waals surface area (Å²) >= 11 is 0. The van der Waals surface area contributed by atoms with E-state index in [9.17, 15) is 14.0 Å². The molecule has 6 heteroatoms. The molecule has 0 spiro atoms. The fourth-order valence-electron chi connectivity index (χ4n) is 2.45. The molecule has 1 fully saturated rings. The van der Waals surface area contributed by atoms with Gasteiger partial charge in [-0.2, -0.15) is 0 Å². The molecule has 1 saturated carbocycles. The number of anilines is 2. The van der Waals surface area contributed by atoms with E-state index in [2.05, 4.69) is 10.6 Å². The molecule has 0 atom stereocenters. The van der Waals surface area contributed by atoms with E-state index in [-0.39, 0.29) is 5.91 Å². The number of hydrogen-bond donors (Lipinski definition) is 2. The number of carbonyl (C=O) groups is 2. The average molecular weight is 328 g/mol. The molecule has 124 valence electrons. The molecule has 1 aliphatic carbocycles. The van der Waals surface area contributed by atoms with Crippen LogP contribution in [0.1, 0.15) is 12.8 Å². The smallest absolute Gasteiger partial charge is 0.240 e. The lowest BCUT2D eigenvalue weighted by Crippen LogP contribution is -2.35. The van der Waals surface area contributed by atoms with E-state index in [0.717, 1.165) is 0 Å². The molecule has 2 amide bonds. The van der Waals surface area contributed by atoms with Gasteiger partial charge in [0.25, 0.3) is 0 Å². The summed E-state index contributed by atoms with van der Waals surface area (Å²) in [6.45, 7) is 0. The molecule has 3 rings (SSSR count). The number of methoxy groups -OCH3 is 1. The second kappa shape index (κ2) is 6.31. The highest BCUT2D eigenvalue weighted by Gasteiger charge is 2.56. The van der Waals surface area contributed by atoms with E-state index in [0.29, 0.717) is 30.0 Å². The predicted molar refractivity (Wildman–Crippen MR) is 88.3 cm³/mol. The topological polar surface area (TPSA) is 67.4 Å². The number of nitrogens with one attached hydrogen (secondary N) is 2. The summed E-state index contributed by atoms with van der Waals surface area (Å²) in [6.07, 6.45) is 0.925. The van der Waals surface area contributed by atoms with E-state index in [1.54, 1.807) is 30.3 Å². The zero-order valence-electron chi connectivity index (χ0n) is 13.1. The number of halogens is 1. The molecule has 5 nitrogen and oxygen atoms in total. The van der Waals surface area contributed by atoms with Gasteiger partial charge < -0.3 is 15.4 Å². The lowest BCUT2D eigenvalue weighted by Gasteiger charge is -2.16. The SMILES string of the molecule is COc1cccc(NC(=O)C2(C(=O)Nc3cccc(F)c3)CC2)c1. The number of hydrogen-bond acceptors (Lipinski definition) is 3. The van der Waals surface area contributed by atoms with Crippen LogP contribution in [0.5, 0.6) is 5.75 Å². The number of amides is 2. The number of carbonyl (C=O) groups excluding carboxylic acids is 2. The van der Waals surface area contributed by atoms with E-state index >= 15 is 0 Å². The second-order valence-corrected chi connectivity index (χ2v) is 5.73. The highest BCUT2D eigenvalue weighted by Crippen LogP contribution is 2.47. The summed E-state index contributed by atoms with van der Waals surface area (Å²) in [4.78, 5) is 25.0. The molecule has 0 heterocycles. The summed E-state index contributed by atoms with van der Waals surface area (Å²) in [5.74, 6) is -0.626. The molecule has 1 aliphatic rings. The fourth-order valence-corrected chi connectivity index (χ4v) is 2.45. The Morgan fingerprint density at radius 1 is 1.00 bits per heavy atom. The van der Waals surface area contributed by atoms with Crippen molar-refractivity contribution in [1.29, 1.82) is 0 Å². The lowest BCUT2D eigenvalue weighted by molar-refractivity contribution is -0.131. The maximum absolute atomic E-state index is 13.2. The fraction of sp³-hybridized carbons (Fsp3) is 0.222. The Balaban J connectivity index is 1.70. The van der Waals surface area contributed by atoms with E-state index < -0.39 is 17.1 Å². The van der Waals surface area contributed by atoms with Crippen LogP contribution in [0.25, 0.3) is 0 Å². The molecule has 0 aliphatic heterocycles. The van der Waals surface area contributed by atoms with Crippen LogP contribution in [0.15, 0.2) is 48.5 Å². The molecular formula is C18H17FN2O3. The van der Waals surface area contributed by atoms with E-state index in [1.165, 1.54) is 25.3 Å². The first-order valence-electron chi connectivity index (χ1n) is 7.56. The van der Waals surface area contributed by atoms with Gasteiger partial charge in [0.05, 0.1) is 7.11 Å². The Kier molecular flexibility index (Phi) is 4.20. The third-order valence-electron chi connectivity index (χ3n) is 4.03. The first kappa shape index (κ1) is 16.0. The van der Waals surface area contributed by atoms with Crippen LogP contribution in [-0.4, -0.2) is 18.9 Å². The monoisotopic (exact) mass is 328 g/mol. The van der Waals surface area contributed by atoms with Crippen molar-refractivity contribution in [2.75, 3.05) is 17.7 Å². The average Bonchev–Trinajstić information content (AvgIpc) is 3.37. The molecule has 2 N–H and O–H groups in total. The molecule has 0 bridgehead atoms. The standard InChI is InChI=1S/C18H17FN2O3/c1-24-15-7-3-6-14(11-15)21-17(23)18(8-9-18)16(22)20-13-5-2-4-12(19)10-13/h2-7,10-11H,8-9H2,1H3,(H,20,22)(H,21,23). The third kappa shape index (κ3) is 3.22. The zero-order valence-corrected chi connectivity index (χ0v) is 13.1. The Morgan fingerprint density at radius 3 is 2.12 bits per heavy atom. The molecule has 24 heavy (non-hydrogen) atoms. The molecule has 0 unspecified atom stereocenters. The summed E-state index contributed by atoms with van der Waals surface area (Å²) < 4.78 is 18.3. The molecule has 0 saturated heterocycles. The van der Waals surface area contributed by atoms with Crippen LogP contribution in [0.3, 0.4) is 0 Å². The molecule has 2 aromatic rings. The van der Waals surface area contributed by atoms with Crippen molar-refractivity contribution < 1.29 is 18.7 Å². The quantitative estimate of drug-likeness (QED) is 0.828. The minimum Gasteiger partial charge on any atom is -0.497 e. The van der Waals surface area contributed by atoms with Gasteiger partial charge in [-0.25, -0.2) is 4.39 Å². The maximum Gasteiger partial charge on any atom is 0.240 e. The van der Waals surface area contributed by atoms with Crippen LogP contribution in [0.2, 0.25) is 0 Å². The lowest BCUT2D eigenvalue weighted by atomic mass is 10.0. The van der Waals surface area contributed by atoms with Gasteiger partial charge in [-0.05, 0) is 43.2 Å². The van der Waals surface area contributed by atoms with Gasteiger partial charge >= 0.3 is 0 Å². The van der Waals surface area contributed by atoms with Crippen molar-refractivity contribution >= 4 is 23.2 Å². The van der Waals surface area contributed by atoms with E-state index in [1.807, 2.05) is 0 Å². The van der Waals surface area contributed by atoms with Gasteiger partial charge in [0.1, 0.15) is 17.0 Å². The summed E-state index contributed by atoms with van der Waals surface area (Å²) in [5.41, 5.74) is -0.209. The molecule has 0 radical (unpaired) electrons. The van der Waals surface area contributed by atoms with Gasteiger partial charge in [-0.15, -0.1) is 0 Å². The summed E-state index contributed by atoms with van der Waals surface area (Å²) in [7, 11) is 1.54. The minimum absolute atomic E-state index is 0.334. The first-order chi connectivity index (χ1) is 11.5. The van der Waals surface area contributed by atoms with Crippen molar-refractivity contribution in [3.8, 4) is 5.75 Å². The van der Waals surface area contributed by atoms with Gasteiger partial charge in [0, 0.05) is 17.4 Å². The summed E-state index contributed by atoms with van der Waals surface area (Å²) in [6, 6.07) is 12.5. The highest BCUT2D eigenvalue weighted by atomic mass is 19.1. The molecule has 2 aromatic carbocycles. The predicted octanol–water partition coefficient (Wildman–Crippen LogP) is 3.19. The number of ether oxygens (including phenoxy) is 1. The van der Waals surface area contributed by atoms with Crippen molar-refractivity contribution in [2.24, 2.45) is 5.41 Å². The second-order valence-electron chi connectivity index (χ2n) is 5.73. The Bertz CT molecular complexity index is 787. The molecular weight excluding hydrogens is 311 g/mol. The largest absolute Gasteiger partial charge is 0.497 e. The normalized spacial score (nSPS) is 14.6. The van der Waals surface area contributed by atoms with Crippen LogP contribution >= 0.6 is 0 Å². The van der Waals surface area contributed by atoms with Gasteiger partial charge in [-0.3, -0.25) is 9.59 Å². The zero-order chi connectivity index (χ0) is 17.2. The number of benzene rings is 2. The van der Waals surface area contributed by atoms with Crippen LogP contribution in [-0.2, 0) is 9.59 Å². The van der Waals surface area contributed by atoms with Crippen molar-refractivity contribution in [2.45, 2.75) is 12.8 Å². The van der Waals surface area contributed by atoms with Crippen LogP contribution < -0.4 is 15.4 Å². The maximum atomic E-state index is 13.2. The summed E-state index contributed by atoms with van der Waals surface area (Å²) in [5, 5.41) is 5.35. The first-order valence-corrected chi connectivity index (χ1v) is 7.56. The van der Waals surface area contributed by atoms with Gasteiger partial charge in [0.15, 0.2) is 0 Å². The van der Waals surface area contributed by atoms with Crippen molar-refractivity contribution in [3.63, 3.8) is 0 Å². The van der Waals surface area contributed by atoms with E-state index in [4.69, 9.17) is 4.74 Å². The van der Waals surface area contributed by atoms with Crippen molar-refractivity contribution in [1.82, 2.24) is 0 Å². The van der Waals surface area contributed by atoms with Gasteiger partial charge in [0.2, 0.25) is 11.8 Å². The molecule has 0 aromatic heterocycles. The van der Waals surface area contributed by atoms with Crippen LogP contribution in [0, 0.1) is 11.2 Å². The van der Waals surface area contributed by atoms with Crippen molar-refractivity contribution in [3.05, 3.63) is 54.3 Å². The highest BCUT2D eigenvalue weighted by molar-refractivity contribution is 6.16. The minimum atomic E-state index is -1.10. The Morgan fingerprint density at radius 2 is 1.58 bits per heavy atom. The van der Waals surface area contributed by atoms with Gasteiger partial charge in [-0.1, -0.05) is 12.1 Å². The van der Waals surface area contributed by atoms with Crippen LogP contribution in [0.4, 0.5) is 15.8 Å². The Labute approximate surface area is 138 Å². The third-order valence-corrected chi connectivity index (χ3v) is 4.03.